The molecule has 19 heavy (non-hydrogen) atoms. The van der Waals surface area contributed by atoms with Crippen LogP contribution in [0.2, 0.25) is 0 Å². The molecule has 0 saturated heterocycles. The number of hydrogen-bond donors (Lipinski definition) is 1. The minimum Gasteiger partial charge on any atom is -0.490 e. The molecule has 0 radical (unpaired) electrons. The van der Waals surface area contributed by atoms with Crippen LogP contribution in [0.15, 0.2) is 18.2 Å². The third-order valence-electron chi connectivity index (χ3n) is 3.04. The summed E-state index contributed by atoms with van der Waals surface area (Å²) in [6, 6.07) is 5.03. The standard InChI is InChI=1S/C13H21N3O3/c1-4-15(5-2)10-9-14-11-7-6-8-12(19-3)13(11)16(17)18/h6-8,14H,4-5,9-10H2,1-3H3. The molecule has 1 rings (SSSR count). The summed E-state index contributed by atoms with van der Waals surface area (Å²) in [5, 5.41) is 14.2. The summed E-state index contributed by atoms with van der Waals surface area (Å²) in [5.41, 5.74) is 0.487. The highest BCUT2D eigenvalue weighted by Gasteiger charge is 2.19. The Hall–Kier alpha value is -1.82. The Morgan fingerprint density at radius 2 is 2.05 bits per heavy atom. The Morgan fingerprint density at radius 1 is 1.37 bits per heavy atom. The van der Waals surface area contributed by atoms with Crippen molar-refractivity contribution >= 4 is 11.4 Å². The number of rotatable bonds is 8. The summed E-state index contributed by atoms with van der Waals surface area (Å²) in [4.78, 5) is 12.9. The van der Waals surface area contributed by atoms with Gasteiger partial charge < -0.3 is 15.0 Å². The Morgan fingerprint density at radius 3 is 2.58 bits per heavy atom. The van der Waals surface area contributed by atoms with Crippen LogP contribution in [0.25, 0.3) is 0 Å². The van der Waals surface area contributed by atoms with Gasteiger partial charge >= 0.3 is 5.69 Å². The largest absolute Gasteiger partial charge is 0.490 e. The highest BCUT2D eigenvalue weighted by Crippen LogP contribution is 2.34. The molecule has 0 aromatic heterocycles. The summed E-state index contributed by atoms with van der Waals surface area (Å²) >= 11 is 0. The van der Waals surface area contributed by atoms with Gasteiger partial charge in [-0.25, -0.2) is 0 Å². The van der Waals surface area contributed by atoms with Gasteiger partial charge in [-0.3, -0.25) is 10.1 Å². The summed E-state index contributed by atoms with van der Waals surface area (Å²) in [7, 11) is 1.43. The van der Waals surface area contributed by atoms with E-state index in [2.05, 4.69) is 24.1 Å². The first-order valence-electron chi connectivity index (χ1n) is 6.41. The van der Waals surface area contributed by atoms with Crippen molar-refractivity contribution in [2.45, 2.75) is 13.8 Å². The van der Waals surface area contributed by atoms with Crippen molar-refractivity contribution < 1.29 is 9.66 Å². The Kier molecular flexibility index (Phi) is 6.08. The number of nitro benzene ring substituents is 1. The van der Waals surface area contributed by atoms with Crippen LogP contribution in [0.5, 0.6) is 5.75 Å². The lowest BCUT2D eigenvalue weighted by molar-refractivity contribution is -0.384. The van der Waals surface area contributed by atoms with Gasteiger partial charge in [-0.2, -0.15) is 0 Å². The number of nitrogens with zero attached hydrogens (tertiary/aromatic N) is 2. The molecule has 0 amide bonds. The molecule has 0 saturated carbocycles. The number of para-hydroxylation sites is 1. The molecular formula is C13H21N3O3. The quantitative estimate of drug-likeness (QED) is 0.578. The molecule has 1 aromatic rings. The summed E-state index contributed by atoms with van der Waals surface area (Å²) in [6.45, 7) is 7.64. The van der Waals surface area contributed by atoms with E-state index >= 15 is 0 Å². The van der Waals surface area contributed by atoms with Gasteiger partial charge in [0.05, 0.1) is 12.0 Å². The molecule has 0 aliphatic rings. The highest BCUT2D eigenvalue weighted by atomic mass is 16.6. The van der Waals surface area contributed by atoms with Crippen LogP contribution in [0, 0.1) is 10.1 Å². The van der Waals surface area contributed by atoms with E-state index in [1.54, 1.807) is 18.2 Å². The van der Waals surface area contributed by atoms with Crippen LogP contribution in [-0.4, -0.2) is 43.1 Å². The number of methoxy groups -OCH3 is 1. The van der Waals surface area contributed by atoms with Gasteiger partial charge in [0.1, 0.15) is 5.69 Å². The lowest BCUT2D eigenvalue weighted by Gasteiger charge is -2.18. The molecule has 0 atom stereocenters. The zero-order valence-electron chi connectivity index (χ0n) is 11.7. The second-order valence-corrected chi connectivity index (χ2v) is 4.07. The third-order valence-corrected chi connectivity index (χ3v) is 3.04. The smallest absolute Gasteiger partial charge is 0.333 e. The molecule has 0 aliphatic heterocycles. The normalized spacial score (nSPS) is 10.5. The zero-order valence-corrected chi connectivity index (χ0v) is 11.7. The van der Waals surface area contributed by atoms with Crippen LogP contribution >= 0.6 is 0 Å². The molecule has 0 bridgehead atoms. The van der Waals surface area contributed by atoms with E-state index in [0.29, 0.717) is 12.2 Å². The van der Waals surface area contributed by atoms with Gasteiger partial charge in [-0.15, -0.1) is 0 Å². The Bertz CT molecular complexity index is 420. The number of hydrogen-bond acceptors (Lipinski definition) is 5. The predicted molar refractivity (Wildman–Crippen MR) is 75.9 cm³/mol. The molecule has 1 aromatic carbocycles. The van der Waals surface area contributed by atoms with Crippen molar-refractivity contribution in [2.24, 2.45) is 0 Å². The second-order valence-electron chi connectivity index (χ2n) is 4.07. The first kappa shape index (κ1) is 15.2. The fourth-order valence-corrected chi connectivity index (χ4v) is 1.91. The average Bonchev–Trinajstić information content (AvgIpc) is 2.42. The van der Waals surface area contributed by atoms with E-state index in [4.69, 9.17) is 4.74 Å². The van der Waals surface area contributed by atoms with E-state index in [0.717, 1.165) is 19.6 Å². The average molecular weight is 267 g/mol. The molecule has 106 valence electrons. The maximum atomic E-state index is 11.1. The molecule has 0 fully saturated rings. The van der Waals surface area contributed by atoms with Crippen LogP contribution in [-0.2, 0) is 0 Å². The van der Waals surface area contributed by atoms with E-state index in [9.17, 15) is 10.1 Å². The number of anilines is 1. The fraction of sp³-hybridized carbons (Fsp3) is 0.538. The first-order chi connectivity index (χ1) is 9.13. The minimum atomic E-state index is -0.418. The number of benzene rings is 1. The zero-order chi connectivity index (χ0) is 14.3. The Labute approximate surface area is 113 Å². The van der Waals surface area contributed by atoms with Crippen molar-refractivity contribution in [2.75, 3.05) is 38.6 Å². The van der Waals surface area contributed by atoms with Crippen molar-refractivity contribution in [3.8, 4) is 5.75 Å². The van der Waals surface area contributed by atoms with Crippen molar-refractivity contribution in [3.05, 3.63) is 28.3 Å². The van der Waals surface area contributed by atoms with Gasteiger partial charge in [0.25, 0.3) is 0 Å². The van der Waals surface area contributed by atoms with Crippen LogP contribution in [0.3, 0.4) is 0 Å². The summed E-state index contributed by atoms with van der Waals surface area (Å²) in [5.74, 6) is 0.276. The van der Waals surface area contributed by atoms with E-state index in [-0.39, 0.29) is 11.4 Å². The maximum Gasteiger partial charge on any atom is 0.333 e. The van der Waals surface area contributed by atoms with Crippen LogP contribution < -0.4 is 10.1 Å². The molecule has 0 spiro atoms. The van der Waals surface area contributed by atoms with E-state index in [1.165, 1.54) is 7.11 Å². The second kappa shape index (κ2) is 7.58. The molecule has 6 nitrogen and oxygen atoms in total. The van der Waals surface area contributed by atoms with Crippen LogP contribution in [0.1, 0.15) is 13.8 Å². The van der Waals surface area contributed by atoms with E-state index < -0.39 is 4.92 Å². The first-order valence-corrected chi connectivity index (χ1v) is 6.41. The molecule has 0 heterocycles. The van der Waals surface area contributed by atoms with E-state index in [1.807, 2.05) is 0 Å². The summed E-state index contributed by atoms with van der Waals surface area (Å²) in [6.07, 6.45) is 0. The lowest BCUT2D eigenvalue weighted by Crippen LogP contribution is -2.28. The number of likely N-dealkylation sites (N-methyl/N-ethyl adjacent to an activating group) is 1. The number of ether oxygens (including phenoxy) is 1. The van der Waals surface area contributed by atoms with Gasteiger partial charge in [-0.05, 0) is 25.2 Å². The monoisotopic (exact) mass is 267 g/mol. The van der Waals surface area contributed by atoms with Gasteiger partial charge in [-0.1, -0.05) is 19.9 Å². The number of nitro groups is 1. The van der Waals surface area contributed by atoms with Gasteiger partial charge in [0, 0.05) is 13.1 Å². The SMILES string of the molecule is CCN(CC)CCNc1cccc(OC)c1[N+](=O)[O-]. The third kappa shape index (κ3) is 4.10. The van der Waals surface area contributed by atoms with Gasteiger partial charge in [0.2, 0.25) is 0 Å². The highest BCUT2D eigenvalue weighted by molar-refractivity contribution is 5.68. The Balaban J connectivity index is 2.75. The van der Waals surface area contributed by atoms with Crippen LogP contribution in [0.4, 0.5) is 11.4 Å². The molecule has 1 N–H and O–H groups in total. The minimum absolute atomic E-state index is 0.00968. The topological polar surface area (TPSA) is 67.6 Å². The van der Waals surface area contributed by atoms with Crippen molar-refractivity contribution in [1.29, 1.82) is 0 Å². The lowest BCUT2D eigenvalue weighted by atomic mass is 10.2. The predicted octanol–water partition coefficient (Wildman–Crippen LogP) is 2.36. The molecular weight excluding hydrogens is 246 g/mol. The van der Waals surface area contributed by atoms with Crippen molar-refractivity contribution in [3.63, 3.8) is 0 Å². The fourth-order valence-electron chi connectivity index (χ4n) is 1.91. The molecule has 6 heteroatoms. The molecule has 0 aliphatic carbocycles. The van der Waals surface area contributed by atoms with Gasteiger partial charge in [0.15, 0.2) is 5.75 Å². The summed E-state index contributed by atoms with van der Waals surface area (Å²) < 4.78 is 5.02. The molecule has 0 unspecified atom stereocenters. The number of nitrogens with one attached hydrogen (secondary N) is 1. The maximum absolute atomic E-state index is 11.1. The van der Waals surface area contributed by atoms with Crippen molar-refractivity contribution in [1.82, 2.24) is 4.90 Å².